The van der Waals surface area contributed by atoms with E-state index in [0.29, 0.717) is 5.56 Å². The molecule has 0 spiro atoms. The van der Waals surface area contributed by atoms with Gasteiger partial charge in [-0.3, -0.25) is 9.48 Å². The van der Waals surface area contributed by atoms with Crippen molar-refractivity contribution in [1.82, 2.24) is 9.78 Å². The summed E-state index contributed by atoms with van der Waals surface area (Å²) in [5, 5.41) is 33.6. The van der Waals surface area contributed by atoms with Crippen LogP contribution in [0.4, 0.5) is 0 Å². The molecule has 2 aromatic carbocycles. The number of aromatic nitrogens is 2. The second-order valence-electron chi connectivity index (χ2n) is 7.15. The number of aryl methyl sites for hydroxylation is 1. The first-order valence-electron chi connectivity index (χ1n) is 9.34. The Morgan fingerprint density at radius 2 is 1.76 bits per heavy atom. The van der Waals surface area contributed by atoms with Crippen molar-refractivity contribution >= 4 is 5.78 Å². The minimum Gasteiger partial charge on any atom is -0.394 e. The Kier molecular flexibility index (Phi) is 5.29. The molecule has 1 aromatic heterocycles. The highest BCUT2D eigenvalue weighted by Gasteiger charge is 2.43. The van der Waals surface area contributed by atoms with E-state index in [-0.39, 0.29) is 0 Å². The van der Waals surface area contributed by atoms with Gasteiger partial charge in [0, 0.05) is 18.8 Å². The van der Waals surface area contributed by atoms with Crippen LogP contribution >= 0.6 is 0 Å². The third kappa shape index (κ3) is 3.73. The van der Waals surface area contributed by atoms with Gasteiger partial charge >= 0.3 is 0 Å². The van der Waals surface area contributed by atoms with Gasteiger partial charge in [0.25, 0.3) is 0 Å². The van der Waals surface area contributed by atoms with Crippen LogP contribution in [-0.4, -0.2) is 55.8 Å². The van der Waals surface area contributed by atoms with E-state index in [1.807, 2.05) is 55.7 Å². The average Bonchev–Trinajstić information content (AvgIpc) is 3.19. The molecule has 2 heterocycles. The average molecular weight is 394 g/mol. The largest absolute Gasteiger partial charge is 0.394 e. The van der Waals surface area contributed by atoms with Gasteiger partial charge in [-0.05, 0) is 28.8 Å². The number of ether oxygens (including phenoxy) is 1. The highest BCUT2D eigenvalue weighted by molar-refractivity contribution is 5.90. The lowest BCUT2D eigenvalue weighted by molar-refractivity contribution is -0.189. The van der Waals surface area contributed by atoms with E-state index in [9.17, 15) is 20.1 Å². The number of nitrogens with zero attached hydrogens (tertiary/aromatic N) is 2. The van der Waals surface area contributed by atoms with Gasteiger partial charge in [-0.15, -0.1) is 0 Å². The highest BCUT2D eigenvalue weighted by Crippen LogP contribution is 2.32. The summed E-state index contributed by atoms with van der Waals surface area (Å²) < 4.78 is 7.32. The van der Waals surface area contributed by atoms with Gasteiger partial charge in [-0.2, -0.15) is 5.10 Å². The number of carbonyl (C=O) groups is 1. The number of carbonyl (C=O) groups excluding carboxylic acids is 1. The fourth-order valence-electron chi connectivity index (χ4n) is 3.53. The summed E-state index contributed by atoms with van der Waals surface area (Å²) in [5.41, 5.74) is 4.28. The molecule has 3 N–H and O–H groups in total. The number of ketones is 1. The third-order valence-electron chi connectivity index (χ3n) is 5.16. The molecule has 0 aliphatic carbocycles. The lowest BCUT2D eigenvalue weighted by Gasteiger charge is -2.35. The summed E-state index contributed by atoms with van der Waals surface area (Å²) in [6.45, 7) is -0.489. The predicted molar refractivity (Wildman–Crippen MR) is 106 cm³/mol. The van der Waals surface area contributed by atoms with E-state index < -0.39 is 36.8 Å². The number of aliphatic hydroxyl groups excluding tert-OH is 3. The SMILES string of the molecule is Cn1ccc(-c2ccc(-c3cccc(C4OC(CO)C(O)C(O)C4=O)c3)cc2)n1. The van der Waals surface area contributed by atoms with Crippen LogP contribution in [0.15, 0.2) is 60.8 Å². The van der Waals surface area contributed by atoms with Crippen LogP contribution in [0.2, 0.25) is 0 Å². The molecule has 4 atom stereocenters. The summed E-state index contributed by atoms with van der Waals surface area (Å²) in [6, 6.07) is 17.1. The third-order valence-corrected chi connectivity index (χ3v) is 5.16. The van der Waals surface area contributed by atoms with Crippen LogP contribution < -0.4 is 0 Å². The fourth-order valence-corrected chi connectivity index (χ4v) is 3.53. The van der Waals surface area contributed by atoms with Gasteiger partial charge in [0.2, 0.25) is 0 Å². The van der Waals surface area contributed by atoms with Crippen molar-refractivity contribution in [3.05, 3.63) is 66.4 Å². The van der Waals surface area contributed by atoms with Crippen molar-refractivity contribution in [1.29, 1.82) is 0 Å². The van der Waals surface area contributed by atoms with E-state index in [0.717, 1.165) is 22.4 Å². The summed E-state index contributed by atoms with van der Waals surface area (Å²) >= 11 is 0. The molecule has 3 aromatic rings. The van der Waals surface area contributed by atoms with Crippen LogP contribution in [-0.2, 0) is 16.6 Å². The minimum absolute atomic E-state index is 0.489. The molecule has 7 heteroatoms. The summed E-state index contributed by atoms with van der Waals surface area (Å²) in [6.07, 6.45) is -3.20. The van der Waals surface area contributed by atoms with Gasteiger partial charge in [-0.1, -0.05) is 42.5 Å². The molecule has 150 valence electrons. The van der Waals surface area contributed by atoms with E-state index >= 15 is 0 Å². The van der Waals surface area contributed by atoms with Crippen molar-refractivity contribution in [2.45, 2.75) is 24.4 Å². The van der Waals surface area contributed by atoms with Gasteiger partial charge in [0.15, 0.2) is 5.78 Å². The first-order chi connectivity index (χ1) is 14.0. The number of Topliss-reactive ketones (excluding diaryl/α,β-unsaturated/α-hetero) is 1. The minimum atomic E-state index is -1.59. The Labute approximate surface area is 167 Å². The van der Waals surface area contributed by atoms with Crippen molar-refractivity contribution < 1.29 is 24.9 Å². The second-order valence-corrected chi connectivity index (χ2v) is 7.15. The molecule has 7 nitrogen and oxygen atoms in total. The zero-order chi connectivity index (χ0) is 20.5. The Morgan fingerprint density at radius 1 is 1.03 bits per heavy atom. The first kappa shape index (κ1) is 19.5. The number of benzene rings is 2. The molecule has 0 amide bonds. The first-order valence-corrected chi connectivity index (χ1v) is 9.34. The van der Waals surface area contributed by atoms with E-state index in [4.69, 9.17) is 4.74 Å². The molecule has 0 bridgehead atoms. The smallest absolute Gasteiger partial charge is 0.197 e. The summed E-state index contributed by atoms with van der Waals surface area (Å²) in [7, 11) is 1.87. The molecule has 0 saturated carbocycles. The summed E-state index contributed by atoms with van der Waals surface area (Å²) in [4.78, 5) is 12.4. The Balaban J connectivity index is 1.61. The topological polar surface area (TPSA) is 105 Å². The molecule has 4 unspecified atom stereocenters. The van der Waals surface area contributed by atoms with Gasteiger partial charge < -0.3 is 20.1 Å². The Bertz CT molecular complexity index is 1010. The number of aliphatic hydroxyl groups is 3. The highest BCUT2D eigenvalue weighted by atomic mass is 16.5. The van der Waals surface area contributed by atoms with Crippen LogP contribution in [0.5, 0.6) is 0 Å². The fraction of sp³-hybridized carbons (Fsp3) is 0.273. The molecule has 4 rings (SSSR count). The molecular formula is C22H22N2O5. The zero-order valence-corrected chi connectivity index (χ0v) is 15.8. The van der Waals surface area contributed by atoms with Crippen molar-refractivity contribution in [2.75, 3.05) is 6.61 Å². The quantitative estimate of drug-likeness (QED) is 0.619. The molecule has 1 aliphatic heterocycles. The van der Waals surface area contributed by atoms with Gasteiger partial charge in [-0.25, -0.2) is 0 Å². The molecule has 0 radical (unpaired) electrons. The lowest BCUT2D eigenvalue weighted by Crippen LogP contribution is -2.53. The van der Waals surface area contributed by atoms with Crippen LogP contribution in [0.3, 0.4) is 0 Å². The standard InChI is InChI=1S/C22H22N2O5/c1-24-10-9-17(23-24)14-7-5-13(6-8-14)15-3-2-4-16(11-15)22-21(28)20(27)19(26)18(12-25)29-22/h2-11,18-20,22,25-27H,12H2,1H3. The van der Waals surface area contributed by atoms with E-state index in [1.165, 1.54) is 0 Å². The predicted octanol–water partition coefficient (Wildman–Crippen LogP) is 1.48. The maximum Gasteiger partial charge on any atom is 0.197 e. The second kappa shape index (κ2) is 7.88. The summed E-state index contributed by atoms with van der Waals surface area (Å²) in [5.74, 6) is -0.621. The van der Waals surface area contributed by atoms with Crippen molar-refractivity contribution in [2.24, 2.45) is 7.05 Å². The number of rotatable bonds is 4. The molecular weight excluding hydrogens is 372 g/mol. The van der Waals surface area contributed by atoms with E-state index in [1.54, 1.807) is 16.8 Å². The molecule has 1 saturated heterocycles. The molecule has 1 aliphatic rings. The van der Waals surface area contributed by atoms with Gasteiger partial charge in [0.1, 0.15) is 24.4 Å². The maximum absolute atomic E-state index is 12.4. The number of hydrogen-bond acceptors (Lipinski definition) is 6. The Hall–Kier alpha value is -2.84. The van der Waals surface area contributed by atoms with Crippen LogP contribution in [0, 0.1) is 0 Å². The van der Waals surface area contributed by atoms with Crippen molar-refractivity contribution in [3.8, 4) is 22.4 Å². The molecule has 1 fully saturated rings. The monoisotopic (exact) mass is 394 g/mol. The molecule has 29 heavy (non-hydrogen) atoms. The lowest BCUT2D eigenvalue weighted by atomic mass is 9.91. The Morgan fingerprint density at radius 3 is 2.41 bits per heavy atom. The number of hydrogen-bond donors (Lipinski definition) is 3. The van der Waals surface area contributed by atoms with Crippen LogP contribution in [0.25, 0.3) is 22.4 Å². The van der Waals surface area contributed by atoms with Crippen LogP contribution in [0.1, 0.15) is 11.7 Å². The van der Waals surface area contributed by atoms with E-state index in [2.05, 4.69) is 5.10 Å². The zero-order valence-electron chi connectivity index (χ0n) is 15.8. The maximum atomic E-state index is 12.4. The van der Waals surface area contributed by atoms with Gasteiger partial charge in [0.05, 0.1) is 12.3 Å². The van der Waals surface area contributed by atoms with Crippen molar-refractivity contribution in [3.63, 3.8) is 0 Å². The normalized spacial score (nSPS) is 24.6.